The molecule has 3 aromatic carbocycles. The molecule has 0 N–H and O–H groups in total. The molecule has 4 aromatic rings. The molecule has 5 heteroatoms. The van der Waals surface area contributed by atoms with E-state index in [4.69, 9.17) is 21.3 Å². The van der Waals surface area contributed by atoms with E-state index in [0.717, 1.165) is 11.1 Å². The fourth-order valence-electron chi connectivity index (χ4n) is 3.44. The quantitative estimate of drug-likeness (QED) is 0.276. The van der Waals surface area contributed by atoms with E-state index in [1.807, 2.05) is 43.3 Å². The van der Waals surface area contributed by atoms with E-state index in [1.54, 1.807) is 49.4 Å². The van der Waals surface area contributed by atoms with Crippen LogP contribution in [0.2, 0.25) is 5.02 Å². The number of para-hydroxylation sites is 1. The van der Waals surface area contributed by atoms with Gasteiger partial charge in [0, 0.05) is 21.5 Å². The Labute approximate surface area is 185 Å². The van der Waals surface area contributed by atoms with Gasteiger partial charge in [-0.25, -0.2) is 9.78 Å². The van der Waals surface area contributed by atoms with Crippen LogP contribution in [0.4, 0.5) is 0 Å². The van der Waals surface area contributed by atoms with Gasteiger partial charge in [-0.2, -0.15) is 0 Å². The molecule has 0 aliphatic carbocycles. The summed E-state index contributed by atoms with van der Waals surface area (Å²) < 4.78 is 5.57. The van der Waals surface area contributed by atoms with Gasteiger partial charge in [0.15, 0.2) is 6.10 Å². The molecule has 0 radical (unpaired) electrons. The Balaban J connectivity index is 1.73. The van der Waals surface area contributed by atoms with Crippen molar-refractivity contribution in [1.82, 2.24) is 4.98 Å². The number of hydrogen-bond acceptors (Lipinski definition) is 4. The van der Waals surface area contributed by atoms with Crippen molar-refractivity contribution in [3.63, 3.8) is 0 Å². The van der Waals surface area contributed by atoms with Crippen LogP contribution in [0.3, 0.4) is 0 Å². The molecule has 0 unspecified atom stereocenters. The molecule has 0 saturated carbocycles. The van der Waals surface area contributed by atoms with Crippen LogP contribution in [0.1, 0.15) is 33.2 Å². The molecule has 0 aliphatic heterocycles. The number of halogens is 1. The molecule has 154 valence electrons. The van der Waals surface area contributed by atoms with Gasteiger partial charge in [-0.3, -0.25) is 4.79 Å². The lowest BCUT2D eigenvalue weighted by molar-refractivity contribution is 0.0320. The Kier molecular flexibility index (Phi) is 5.83. The summed E-state index contributed by atoms with van der Waals surface area (Å²) in [4.78, 5) is 30.5. The van der Waals surface area contributed by atoms with Crippen LogP contribution in [0.15, 0.2) is 78.9 Å². The number of pyridine rings is 1. The molecule has 1 heterocycles. The lowest BCUT2D eigenvalue weighted by Crippen LogP contribution is -2.24. The smallest absolute Gasteiger partial charge is 0.339 e. The molecule has 1 atom stereocenters. The number of ketones is 1. The summed E-state index contributed by atoms with van der Waals surface area (Å²) >= 11 is 6.01. The van der Waals surface area contributed by atoms with Gasteiger partial charge in [-0.05, 0) is 37.6 Å². The SMILES string of the molecule is Cc1cccc2c(C(=O)O[C@@H](C)C(=O)c3ccccc3)cc(-c3ccc(Cl)cc3)nc12. The fraction of sp³-hybridized carbons (Fsp3) is 0.115. The number of Topliss-reactive ketones (excluding diaryl/α,β-unsaturated/α-hetero) is 1. The normalized spacial score (nSPS) is 11.8. The minimum atomic E-state index is -0.915. The van der Waals surface area contributed by atoms with Crippen molar-refractivity contribution in [3.8, 4) is 11.3 Å². The first-order valence-electron chi connectivity index (χ1n) is 9.90. The van der Waals surface area contributed by atoms with Gasteiger partial charge in [0.1, 0.15) is 0 Å². The van der Waals surface area contributed by atoms with Gasteiger partial charge >= 0.3 is 5.97 Å². The number of aryl methyl sites for hydroxylation is 1. The summed E-state index contributed by atoms with van der Waals surface area (Å²) in [5.74, 6) is -0.814. The number of hydrogen-bond donors (Lipinski definition) is 0. The van der Waals surface area contributed by atoms with Gasteiger partial charge in [0.05, 0.1) is 16.8 Å². The van der Waals surface area contributed by atoms with Crippen molar-refractivity contribution in [2.24, 2.45) is 0 Å². The fourth-order valence-corrected chi connectivity index (χ4v) is 3.57. The molecule has 0 saturated heterocycles. The third-order valence-electron chi connectivity index (χ3n) is 5.11. The van der Waals surface area contributed by atoms with Gasteiger partial charge in [0.2, 0.25) is 5.78 Å². The van der Waals surface area contributed by atoms with Crippen LogP contribution >= 0.6 is 11.6 Å². The zero-order valence-electron chi connectivity index (χ0n) is 17.1. The predicted octanol–water partition coefficient (Wildman–Crippen LogP) is 6.29. The van der Waals surface area contributed by atoms with E-state index in [0.29, 0.717) is 32.7 Å². The van der Waals surface area contributed by atoms with Crippen LogP contribution in [-0.2, 0) is 4.74 Å². The Morgan fingerprint density at radius 2 is 1.65 bits per heavy atom. The van der Waals surface area contributed by atoms with Gasteiger partial charge in [-0.1, -0.05) is 72.3 Å². The van der Waals surface area contributed by atoms with E-state index in [9.17, 15) is 9.59 Å². The number of carbonyl (C=O) groups is 2. The highest BCUT2D eigenvalue weighted by molar-refractivity contribution is 6.30. The molecular weight excluding hydrogens is 410 g/mol. The number of aromatic nitrogens is 1. The van der Waals surface area contributed by atoms with Crippen molar-refractivity contribution in [1.29, 1.82) is 0 Å². The molecule has 31 heavy (non-hydrogen) atoms. The van der Waals surface area contributed by atoms with E-state index < -0.39 is 12.1 Å². The van der Waals surface area contributed by atoms with Crippen LogP contribution in [-0.4, -0.2) is 22.8 Å². The van der Waals surface area contributed by atoms with E-state index in [2.05, 4.69) is 0 Å². The standard InChI is InChI=1S/C26H20ClNO3/c1-16-7-6-10-21-22(15-23(28-24(16)21)18-11-13-20(27)14-12-18)26(30)31-17(2)25(29)19-8-4-3-5-9-19/h3-15,17H,1-2H3/t17-/m0/s1. The first-order chi connectivity index (χ1) is 14.9. The molecule has 0 fully saturated rings. The molecule has 4 rings (SSSR count). The largest absolute Gasteiger partial charge is 0.451 e. The Bertz CT molecular complexity index is 1270. The highest BCUT2D eigenvalue weighted by Gasteiger charge is 2.23. The molecule has 0 amide bonds. The third kappa shape index (κ3) is 4.35. The number of carbonyl (C=O) groups excluding carboxylic acids is 2. The average molecular weight is 430 g/mol. The first-order valence-corrected chi connectivity index (χ1v) is 10.3. The van der Waals surface area contributed by atoms with Gasteiger partial charge < -0.3 is 4.74 Å². The summed E-state index contributed by atoms with van der Waals surface area (Å²) in [5.41, 5.74) is 3.98. The number of benzene rings is 3. The van der Waals surface area contributed by atoms with E-state index in [-0.39, 0.29) is 5.78 Å². The number of esters is 1. The number of fused-ring (bicyclic) bond motifs is 1. The number of nitrogens with zero attached hydrogens (tertiary/aromatic N) is 1. The van der Waals surface area contributed by atoms with Crippen LogP contribution in [0.25, 0.3) is 22.2 Å². The minimum Gasteiger partial charge on any atom is -0.451 e. The zero-order chi connectivity index (χ0) is 22.0. The highest BCUT2D eigenvalue weighted by Crippen LogP contribution is 2.28. The average Bonchev–Trinajstić information content (AvgIpc) is 2.79. The summed E-state index contributed by atoms with van der Waals surface area (Å²) in [6.45, 7) is 3.53. The predicted molar refractivity (Wildman–Crippen MR) is 123 cm³/mol. The molecule has 0 aliphatic rings. The van der Waals surface area contributed by atoms with E-state index >= 15 is 0 Å². The monoisotopic (exact) mass is 429 g/mol. The van der Waals surface area contributed by atoms with Crippen molar-refractivity contribution < 1.29 is 14.3 Å². The lowest BCUT2D eigenvalue weighted by atomic mass is 10.0. The highest BCUT2D eigenvalue weighted by atomic mass is 35.5. The lowest BCUT2D eigenvalue weighted by Gasteiger charge is -2.15. The third-order valence-corrected chi connectivity index (χ3v) is 5.36. The second-order valence-electron chi connectivity index (χ2n) is 7.31. The van der Waals surface area contributed by atoms with Crippen molar-refractivity contribution in [2.45, 2.75) is 20.0 Å². The maximum Gasteiger partial charge on any atom is 0.339 e. The van der Waals surface area contributed by atoms with Crippen LogP contribution < -0.4 is 0 Å². The van der Waals surface area contributed by atoms with Gasteiger partial charge in [-0.15, -0.1) is 0 Å². The number of ether oxygens (including phenoxy) is 1. The van der Waals surface area contributed by atoms with Crippen LogP contribution in [0.5, 0.6) is 0 Å². The first kappa shape index (κ1) is 20.8. The topological polar surface area (TPSA) is 56.3 Å². The molecule has 1 aromatic heterocycles. The Hall–Kier alpha value is -3.50. The van der Waals surface area contributed by atoms with Gasteiger partial charge in [0.25, 0.3) is 0 Å². The maximum atomic E-state index is 13.1. The maximum absolute atomic E-state index is 13.1. The molecular formula is C26H20ClNO3. The summed E-state index contributed by atoms with van der Waals surface area (Å²) in [5, 5.41) is 1.30. The summed E-state index contributed by atoms with van der Waals surface area (Å²) in [7, 11) is 0. The summed E-state index contributed by atoms with van der Waals surface area (Å²) in [6.07, 6.45) is -0.915. The summed E-state index contributed by atoms with van der Waals surface area (Å²) in [6, 6.07) is 23.4. The van der Waals surface area contributed by atoms with Crippen LogP contribution in [0, 0.1) is 6.92 Å². The number of rotatable bonds is 5. The molecule has 4 nitrogen and oxygen atoms in total. The van der Waals surface area contributed by atoms with Crippen molar-refractivity contribution in [3.05, 3.63) is 101 Å². The van der Waals surface area contributed by atoms with Crippen molar-refractivity contribution in [2.75, 3.05) is 0 Å². The minimum absolute atomic E-state index is 0.249. The van der Waals surface area contributed by atoms with E-state index in [1.165, 1.54) is 0 Å². The zero-order valence-corrected chi connectivity index (χ0v) is 17.9. The Morgan fingerprint density at radius 1 is 0.935 bits per heavy atom. The Morgan fingerprint density at radius 3 is 2.35 bits per heavy atom. The molecule has 0 bridgehead atoms. The second kappa shape index (κ2) is 8.70. The van der Waals surface area contributed by atoms with Crippen molar-refractivity contribution >= 4 is 34.3 Å². The molecule has 0 spiro atoms. The second-order valence-corrected chi connectivity index (χ2v) is 7.75.